The molecule has 0 unspecified atom stereocenters. The summed E-state index contributed by atoms with van der Waals surface area (Å²) in [5, 5.41) is 11.3. The molecule has 5 rings (SSSR count). The molecule has 1 aliphatic rings. The zero-order chi connectivity index (χ0) is 23.3. The Balaban J connectivity index is 1.47. The largest absolute Gasteiger partial charge is 0.467 e. The van der Waals surface area contributed by atoms with Gasteiger partial charge in [-0.05, 0) is 42.7 Å². The van der Waals surface area contributed by atoms with Crippen LogP contribution >= 0.6 is 0 Å². The molecule has 1 saturated carbocycles. The van der Waals surface area contributed by atoms with Crippen LogP contribution in [-0.2, 0) is 22.7 Å². The lowest BCUT2D eigenvalue weighted by Gasteiger charge is -2.36. The molecule has 2 aromatic heterocycles. The maximum Gasteiger partial charge on any atom is 0.247 e. The Morgan fingerprint density at radius 2 is 1.79 bits per heavy atom. The fraction of sp³-hybridized carbons (Fsp3) is 0.308. The maximum absolute atomic E-state index is 13.8. The summed E-state index contributed by atoms with van der Waals surface area (Å²) in [6, 6.07) is 19.9. The minimum atomic E-state index is -0.749. The number of aromatic nitrogens is 3. The lowest BCUT2D eigenvalue weighted by Crippen LogP contribution is -2.49. The van der Waals surface area contributed by atoms with E-state index < -0.39 is 6.04 Å². The number of carbonyl (C=O) groups is 2. The van der Waals surface area contributed by atoms with E-state index in [1.807, 2.05) is 60.7 Å². The second kappa shape index (κ2) is 9.91. The van der Waals surface area contributed by atoms with Crippen LogP contribution in [0.25, 0.3) is 11.0 Å². The van der Waals surface area contributed by atoms with Crippen molar-refractivity contribution in [2.45, 2.75) is 50.9 Å². The lowest BCUT2D eigenvalue weighted by atomic mass is 10.0. The average molecular weight is 458 g/mol. The van der Waals surface area contributed by atoms with Gasteiger partial charge in [-0.15, -0.1) is 5.10 Å². The summed E-state index contributed by atoms with van der Waals surface area (Å²) >= 11 is 0. The highest BCUT2D eigenvalue weighted by molar-refractivity contribution is 5.89. The maximum atomic E-state index is 13.8. The summed E-state index contributed by atoms with van der Waals surface area (Å²) in [7, 11) is 0. The summed E-state index contributed by atoms with van der Waals surface area (Å²) in [6.07, 6.45) is 5.40. The van der Waals surface area contributed by atoms with Crippen LogP contribution in [0, 0.1) is 0 Å². The van der Waals surface area contributed by atoms with Crippen LogP contribution in [0.2, 0.25) is 0 Å². The molecule has 2 amide bonds. The van der Waals surface area contributed by atoms with Crippen molar-refractivity contribution in [3.8, 4) is 0 Å². The van der Waals surface area contributed by atoms with Crippen molar-refractivity contribution in [2.75, 3.05) is 0 Å². The van der Waals surface area contributed by atoms with E-state index in [4.69, 9.17) is 4.42 Å². The van der Waals surface area contributed by atoms with Gasteiger partial charge in [0.25, 0.3) is 0 Å². The van der Waals surface area contributed by atoms with E-state index >= 15 is 0 Å². The van der Waals surface area contributed by atoms with Crippen molar-refractivity contribution in [1.82, 2.24) is 25.2 Å². The summed E-state index contributed by atoms with van der Waals surface area (Å²) < 4.78 is 6.99. The molecule has 174 valence electrons. The number of nitrogens with zero attached hydrogens (tertiary/aromatic N) is 4. The van der Waals surface area contributed by atoms with E-state index in [-0.39, 0.29) is 30.9 Å². The second-order valence-electron chi connectivity index (χ2n) is 8.59. The highest BCUT2D eigenvalue weighted by atomic mass is 16.3. The van der Waals surface area contributed by atoms with E-state index in [0.717, 1.165) is 42.3 Å². The lowest BCUT2D eigenvalue weighted by molar-refractivity contribution is -0.144. The standard InChI is InChI=1S/C26H27N5O3/c32-24(18-30-23-15-7-6-14-22(23)28-29-30)31(20-11-4-5-12-20)25(19-9-2-1-3-10-19)26(33)27-17-21-13-8-16-34-21/h1-3,6-10,13-16,20,25H,4-5,11-12,17-18H2,(H,27,33)/t25-/m0/s1. The van der Waals surface area contributed by atoms with Crippen molar-refractivity contribution in [3.63, 3.8) is 0 Å². The molecule has 1 fully saturated rings. The van der Waals surface area contributed by atoms with Crippen molar-refractivity contribution in [1.29, 1.82) is 0 Å². The first-order valence-electron chi connectivity index (χ1n) is 11.6. The summed E-state index contributed by atoms with van der Waals surface area (Å²) in [6.45, 7) is 0.279. The topological polar surface area (TPSA) is 93.3 Å². The van der Waals surface area contributed by atoms with Crippen LogP contribution in [0.5, 0.6) is 0 Å². The number of para-hydroxylation sites is 1. The van der Waals surface area contributed by atoms with Gasteiger partial charge in [0, 0.05) is 6.04 Å². The van der Waals surface area contributed by atoms with Crippen molar-refractivity contribution in [3.05, 3.63) is 84.3 Å². The normalized spacial score (nSPS) is 14.8. The fourth-order valence-corrected chi connectivity index (χ4v) is 4.74. The summed E-state index contributed by atoms with van der Waals surface area (Å²) in [4.78, 5) is 29.2. The highest BCUT2D eigenvalue weighted by Gasteiger charge is 2.37. The molecule has 1 N–H and O–H groups in total. The number of benzene rings is 2. The molecule has 8 heteroatoms. The Morgan fingerprint density at radius 3 is 2.56 bits per heavy atom. The molecule has 34 heavy (non-hydrogen) atoms. The number of hydrogen-bond acceptors (Lipinski definition) is 5. The van der Waals surface area contributed by atoms with Gasteiger partial charge in [-0.3, -0.25) is 9.59 Å². The zero-order valence-corrected chi connectivity index (χ0v) is 18.8. The fourth-order valence-electron chi connectivity index (χ4n) is 4.74. The van der Waals surface area contributed by atoms with E-state index in [9.17, 15) is 9.59 Å². The monoisotopic (exact) mass is 457 g/mol. The van der Waals surface area contributed by atoms with Crippen LogP contribution in [0.15, 0.2) is 77.4 Å². The van der Waals surface area contributed by atoms with Gasteiger partial charge in [0.15, 0.2) is 0 Å². The number of rotatable bonds is 8. The molecule has 0 aliphatic heterocycles. The molecule has 8 nitrogen and oxygen atoms in total. The summed E-state index contributed by atoms with van der Waals surface area (Å²) in [5.74, 6) is 0.281. The number of furan rings is 1. The van der Waals surface area contributed by atoms with Crippen LogP contribution in [-0.4, -0.2) is 37.7 Å². The Bertz CT molecular complexity index is 1250. The van der Waals surface area contributed by atoms with E-state index in [1.165, 1.54) is 0 Å². The van der Waals surface area contributed by atoms with Gasteiger partial charge in [-0.1, -0.05) is 60.5 Å². The van der Waals surface area contributed by atoms with Gasteiger partial charge in [0.05, 0.1) is 18.3 Å². The number of nitrogens with one attached hydrogen (secondary N) is 1. The number of fused-ring (bicyclic) bond motifs is 1. The minimum Gasteiger partial charge on any atom is -0.467 e. The van der Waals surface area contributed by atoms with Gasteiger partial charge in [0.2, 0.25) is 11.8 Å². The smallest absolute Gasteiger partial charge is 0.247 e. The van der Waals surface area contributed by atoms with E-state index in [2.05, 4.69) is 15.6 Å². The third kappa shape index (κ3) is 4.57. The van der Waals surface area contributed by atoms with Gasteiger partial charge >= 0.3 is 0 Å². The van der Waals surface area contributed by atoms with Crippen molar-refractivity contribution >= 4 is 22.8 Å². The Hall–Kier alpha value is -3.94. The zero-order valence-electron chi connectivity index (χ0n) is 18.8. The minimum absolute atomic E-state index is 0.0122. The third-order valence-corrected chi connectivity index (χ3v) is 6.37. The molecule has 4 aromatic rings. The van der Waals surface area contributed by atoms with Crippen LogP contribution in [0.1, 0.15) is 43.0 Å². The van der Waals surface area contributed by atoms with E-state index in [0.29, 0.717) is 5.76 Å². The van der Waals surface area contributed by atoms with Crippen LogP contribution in [0.4, 0.5) is 0 Å². The summed E-state index contributed by atoms with van der Waals surface area (Å²) in [5.41, 5.74) is 2.31. The predicted octanol–water partition coefficient (Wildman–Crippen LogP) is 3.85. The van der Waals surface area contributed by atoms with Gasteiger partial charge < -0.3 is 14.6 Å². The van der Waals surface area contributed by atoms with E-state index in [1.54, 1.807) is 21.9 Å². The van der Waals surface area contributed by atoms with Gasteiger partial charge in [-0.2, -0.15) is 0 Å². The number of hydrogen-bond donors (Lipinski definition) is 1. The van der Waals surface area contributed by atoms with Crippen molar-refractivity contribution in [2.24, 2.45) is 0 Å². The SMILES string of the molecule is O=C(NCc1ccco1)[C@H](c1ccccc1)N(C(=O)Cn1nnc2ccccc21)C1CCCC1. The molecule has 0 saturated heterocycles. The van der Waals surface area contributed by atoms with Gasteiger partial charge in [0.1, 0.15) is 23.9 Å². The molecule has 0 radical (unpaired) electrons. The molecule has 1 aliphatic carbocycles. The quantitative estimate of drug-likeness (QED) is 0.434. The molecular formula is C26H27N5O3. The Kier molecular flexibility index (Phi) is 6.38. The van der Waals surface area contributed by atoms with Crippen molar-refractivity contribution < 1.29 is 14.0 Å². The first-order valence-corrected chi connectivity index (χ1v) is 11.6. The molecule has 0 spiro atoms. The molecular weight excluding hydrogens is 430 g/mol. The average Bonchev–Trinajstić information content (AvgIpc) is 3.64. The van der Waals surface area contributed by atoms with Crippen LogP contribution < -0.4 is 5.32 Å². The molecule has 0 bridgehead atoms. The predicted molar refractivity (Wildman–Crippen MR) is 126 cm³/mol. The van der Waals surface area contributed by atoms with Gasteiger partial charge in [-0.25, -0.2) is 4.68 Å². The number of amides is 2. The number of carbonyl (C=O) groups excluding carboxylic acids is 2. The first-order chi connectivity index (χ1) is 16.7. The first kappa shape index (κ1) is 21.9. The highest BCUT2D eigenvalue weighted by Crippen LogP contribution is 2.32. The third-order valence-electron chi connectivity index (χ3n) is 6.37. The Morgan fingerprint density at radius 1 is 1.03 bits per heavy atom. The second-order valence-corrected chi connectivity index (χ2v) is 8.59. The molecule has 1 atom stereocenters. The van der Waals surface area contributed by atoms with Crippen LogP contribution in [0.3, 0.4) is 0 Å². The Labute approximate surface area is 197 Å². The molecule has 2 aromatic carbocycles. The molecule has 2 heterocycles.